The molecule has 0 amide bonds. The highest BCUT2D eigenvalue weighted by molar-refractivity contribution is 5.27. The molecule has 0 aromatic heterocycles. The Kier molecular flexibility index (Phi) is 3.52. The van der Waals surface area contributed by atoms with Gasteiger partial charge >= 0.3 is 0 Å². The van der Waals surface area contributed by atoms with E-state index in [1.165, 1.54) is 6.08 Å². The maximum Gasteiger partial charge on any atom is 0.238 e. The lowest BCUT2D eigenvalue weighted by Crippen LogP contribution is -2.20. The van der Waals surface area contributed by atoms with Crippen LogP contribution in [0.25, 0.3) is 0 Å². The monoisotopic (exact) mass is 209 g/mol. The normalized spacial score (nSPS) is 24.5. The minimum Gasteiger partial charge on any atom is -0.391 e. The van der Waals surface area contributed by atoms with E-state index in [1.807, 2.05) is 25.1 Å². The van der Waals surface area contributed by atoms with Crippen molar-refractivity contribution < 1.29 is 4.92 Å². The zero-order valence-corrected chi connectivity index (χ0v) is 8.93. The Morgan fingerprint density at radius 3 is 2.87 bits per heavy atom. The summed E-state index contributed by atoms with van der Waals surface area (Å²) >= 11 is 0. The molecule has 0 fully saturated rings. The number of hydrogen-bond donors (Lipinski definition) is 1. The quantitative estimate of drug-likeness (QED) is 0.416. The van der Waals surface area contributed by atoms with E-state index in [0.717, 1.165) is 5.70 Å². The van der Waals surface area contributed by atoms with Gasteiger partial charge in [-0.3, -0.25) is 10.1 Å². The molecule has 0 spiro atoms. The third kappa shape index (κ3) is 2.86. The van der Waals surface area contributed by atoms with Crippen LogP contribution in [0.3, 0.4) is 0 Å². The summed E-state index contributed by atoms with van der Waals surface area (Å²) < 4.78 is 0. The number of nitrogens with two attached hydrogens (primary N) is 1. The molecule has 2 N–H and O–H groups in total. The average Bonchev–Trinajstić information content (AvgIpc) is 2.10. The van der Waals surface area contributed by atoms with Crippen LogP contribution in [0.1, 0.15) is 12.8 Å². The van der Waals surface area contributed by atoms with Gasteiger partial charge in [-0.15, -0.1) is 0 Å². The Bertz CT molecular complexity index is 352. The molecule has 1 rings (SSSR count). The summed E-state index contributed by atoms with van der Waals surface area (Å²) in [5, 5.41) is 10.6. The molecule has 0 radical (unpaired) electrons. The predicted molar refractivity (Wildman–Crippen MR) is 57.6 cm³/mol. The van der Waals surface area contributed by atoms with E-state index in [2.05, 4.69) is 5.73 Å². The van der Waals surface area contributed by atoms with Crippen molar-refractivity contribution in [3.05, 3.63) is 39.4 Å². The molecule has 0 aromatic carbocycles. The highest BCUT2D eigenvalue weighted by Gasteiger charge is 2.17. The second-order valence-corrected chi connectivity index (χ2v) is 3.64. The van der Waals surface area contributed by atoms with Crippen molar-refractivity contribution in [2.75, 3.05) is 14.1 Å². The first-order valence-electron chi connectivity index (χ1n) is 4.76. The van der Waals surface area contributed by atoms with Gasteiger partial charge in [0.25, 0.3) is 0 Å². The van der Waals surface area contributed by atoms with Crippen molar-refractivity contribution in [3.63, 3.8) is 0 Å². The minimum absolute atomic E-state index is 0.311. The number of hydrogen-bond acceptors (Lipinski definition) is 4. The largest absolute Gasteiger partial charge is 0.391 e. The summed E-state index contributed by atoms with van der Waals surface area (Å²) in [6.07, 6.45) is 4.49. The molecule has 0 saturated carbocycles. The van der Waals surface area contributed by atoms with Crippen molar-refractivity contribution in [1.29, 1.82) is 0 Å². The predicted octanol–water partition coefficient (Wildman–Crippen LogP) is 0.869. The zero-order valence-electron chi connectivity index (χ0n) is 8.93. The Labute approximate surface area is 88.7 Å². The lowest BCUT2D eigenvalue weighted by atomic mass is 10.1. The van der Waals surface area contributed by atoms with Crippen molar-refractivity contribution in [3.8, 4) is 0 Å². The van der Waals surface area contributed by atoms with Crippen molar-refractivity contribution >= 4 is 0 Å². The summed E-state index contributed by atoms with van der Waals surface area (Å²) in [6, 6.07) is -0.677. The number of likely N-dealkylation sites (N-methyl/N-ethyl adjacent to an activating group) is 1. The van der Waals surface area contributed by atoms with Gasteiger partial charge in [0, 0.05) is 31.5 Å². The van der Waals surface area contributed by atoms with Gasteiger partial charge in [0.15, 0.2) is 0 Å². The molecule has 1 aliphatic carbocycles. The van der Waals surface area contributed by atoms with E-state index in [-0.39, 0.29) is 4.92 Å². The van der Waals surface area contributed by atoms with Gasteiger partial charge in [0.2, 0.25) is 6.04 Å². The van der Waals surface area contributed by atoms with E-state index in [0.29, 0.717) is 18.5 Å². The third-order valence-corrected chi connectivity index (χ3v) is 2.26. The smallest absolute Gasteiger partial charge is 0.238 e. The molecular weight excluding hydrogens is 194 g/mol. The molecular formula is C10H15N3O2. The zero-order chi connectivity index (χ0) is 11.4. The van der Waals surface area contributed by atoms with Crippen LogP contribution in [0.4, 0.5) is 0 Å². The lowest BCUT2D eigenvalue weighted by Gasteiger charge is -2.17. The number of nitrogens with zero attached hydrogens (tertiary/aromatic N) is 2. The van der Waals surface area contributed by atoms with Gasteiger partial charge in [0.05, 0.1) is 11.4 Å². The molecule has 5 nitrogen and oxygen atoms in total. The first kappa shape index (κ1) is 11.3. The van der Waals surface area contributed by atoms with Crippen LogP contribution in [0.2, 0.25) is 0 Å². The van der Waals surface area contributed by atoms with Gasteiger partial charge in [0.1, 0.15) is 0 Å². The van der Waals surface area contributed by atoms with E-state index >= 15 is 0 Å². The second kappa shape index (κ2) is 4.66. The van der Waals surface area contributed by atoms with Crippen molar-refractivity contribution in [2.24, 2.45) is 5.73 Å². The third-order valence-electron chi connectivity index (χ3n) is 2.26. The number of allylic oxidation sites excluding steroid dienone is 1. The highest BCUT2D eigenvalue weighted by atomic mass is 16.6. The summed E-state index contributed by atoms with van der Waals surface area (Å²) in [5.41, 5.74) is 9.84. The number of nitro groups is 1. The molecule has 0 aliphatic heterocycles. The molecule has 1 unspecified atom stereocenters. The standard InChI is InChI=1S/C10H15N3O2/c1-12(2)10-5-3-4-8(13(14)15)6-7-9(10)11/h5-6,8H,3-4,11H2,1-2H3/b10-5+. The molecule has 0 heterocycles. The summed E-state index contributed by atoms with van der Waals surface area (Å²) in [5.74, 6) is 0. The van der Waals surface area contributed by atoms with Crippen LogP contribution in [0.5, 0.6) is 0 Å². The first-order valence-corrected chi connectivity index (χ1v) is 4.76. The Balaban J connectivity index is 2.99. The summed E-state index contributed by atoms with van der Waals surface area (Å²) in [4.78, 5) is 12.2. The summed E-state index contributed by atoms with van der Waals surface area (Å²) in [7, 11) is 3.76. The van der Waals surface area contributed by atoms with Crippen LogP contribution >= 0.6 is 0 Å². The molecule has 0 bridgehead atoms. The fourth-order valence-electron chi connectivity index (χ4n) is 1.43. The van der Waals surface area contributed by atoms with E-state index in [9.17, 15) is 10.1 Å². The van der Waals surface area contributed by atoms with Crippen LogP contribution < -0.4 is 5.73 Å². The molecule has 15 heavy (non-hydrogen) atoms. The van der Waals surface area contributed by atoms with Crippen molar-refractivity contribution in [1.82, 2.24) is 4.90 Å². The van der Waals surface area contributed by atoms with Gasteiger partial charge in [-0.05, 0) is 6.42 Å². The first-order chi connectivity index (χ1) is 7.02. The van der Waals surface area contributed by atoms with Gasteiger partial charge in [-0.1, -0.05) is 11.8 Å². The summed E-state index contributed by atoms with van der Waals surface area (Å²) in [6.45, 7) is 0. The van der Waals surface area contributed by atoms with Crippen LogP contribution in [-0.4, -0.2) is 30.0 Å². The van der Waals surface area contributed by atoms with Gasteiger partial charge < -0.3 is 10.6 Å². The topological polar surface area (TPSA) is 72.4 Å². The SMILES string of the molecule is CN(C)/C1=C/CCC([N+](=O)[O-])C=C=C1N. The maximum absolute atomic E-state index is 10.6. The molecule has 0 aromatic rings. The van der Waals surface area contributed by atoms with E-state index in [1.54, 1.807) is 0 Å². The lowest BCUT2D eigenvalue weighted by molar-refractivity contribution is -0.510. The minimum atomic E-state index is -0.677. The Morgan fingerprint density at radius 2 is 2.33 bits per heavy atom. The fourth-order valence-corrected chi connectivity index (χ4v) is 1.43. The molecule has 0 saturated heterocycles. The highest BCUT2D eigenvalue weighted by Crippen LogP contribution is 2.14. The molecule has 82 valence electrons. The van der Waals surface area contributed by atoms with Crippen LogP contribution in [0.15, 0.2) is 29.3 Å². The van der Waals surface area contributed by atoms with E-state index in [4.69, 9.17) is 5.73 Å². The average molecular weight is 209 g/mol. The van der Waals surface area contributed by atoms with Gasteiger partial charge in [-0.25, -0.2) is 0 Å². The Morgan fingerprint density at radius 1 is 1.67 bits per heavy atom. The van der Waals surface area contributed by atoms with Crippen molar-refractivity contribution in [2.45, 2.75) is 18.9 Å². The van der Waals surface area contributed by atoms with E-state index < -0.39 is 6.04 Å². The fraction of sp³-hybridized carbons (Fsp3) is 0.500. The maximum atomic E-state index is 10.6. The van der Waals surface area contributed by atoms with Crippen LogP contribution in [-0.2, 0) is 0 Å². The number of rotatable bonds is 2. The Hall–Kier alpha value is -1.74. The second-order valence-electron chi connectivity index (χ2n) is 3.64. The molecule has 1 atom stereocenters. The van der Waals surface area contributed by atoms with Gasteiger partial charge in [-0.2, -0.15) is 0 Å². The molecule has 5 heteroatoms. The van der Waals surface area contributed by atoms with Crippen LogP contribution in [0, 0.1) is 10.1 Å². The molecule has 1 aliphatic rings.